The average molecular weight is 389 g/mol. The van der Waals surface area contributed by atoms with E-state index in [0.717, 1.165) is 41.1 Å². The fraction of sp³-hybridized carbons (Fsp3) is 0.368. The van der Waals surface area contributed by atoms with Crippen molar-refractivity contribution >= 4 is 35.0 Å². The van der Waals surface area contributed by atoms with Crippen molar-refractivity contribution in [1.29, 1.82) is 0 Å². The van der Waals surface area contributed by atoms with Crippen molar-refractivity contribution < 1.29 is 19.1 Å². The van der Waals surface area contributed by atoms with Crippen molar-refractivity contribution in [2.24, 2.45) is 16.1 Å². The van der Waals surface area contributed by atoms with Gasteiger partial charge in [0.15, 0.2) is 5.17 Å². The van der Waals surface area contributed by atoms with Gasteiger partial charge in [-0.05, 0) is 43.2 Å². The van der Waals surface area contributed by atoms with E-state index in [0.29, 0.717) is 17.7 Å². The SMILES string of the molecule is COC(=O)/C=C1/S/C(=N\N=Cc2cc(C)ccc2OCCC(C)C)NC1=O. The summed E-state index contributed by atoms with van der Waals surface area (Å²) in [5.41, 5.74) is 1.88. The van der Waals surface area contributed by atoms with Gasteiger partial charge in [-0.3, -0.25) is 10.1 Å². The molecule has 1 aliphatic rings. The Balaban J connectivity index is 2.08. The molecule has 7 nitrogen and oxygen atoms in total. The van der Waals surface area contributed by atoms with Crippen LogP contribution in [-0.4, -0.2) is 37.0 Å². The first-order valence-corrected chi connectivity index (χ1v) is 9.34. The number of carbonyl (C=O) groups is 2. The van der Waals surface area contributed by atoms with Crippen molar-refractivity contribution in [3.8, 4) is 5.75 Å². The number of hydrogen-bond acceptors (Lipinski definition) is 7. The van der Waals surface area contributed by atoms with Crippen molar-refractivity contribution in [2.45, 2.75) is 27.2 Å². The number of esters is 1. The molecule has 2 rings (SSSR count). The van der Waals surface area contributed by atoms with Crippen LogP contribution in [0.15, 0.2) is 39.4 Å². The zero-order valence-corrected chi connectivity index (χ0v) is 16.6. The van der Waals surface area contributed by atoms with E-state index >= 15 is 0 Å². The quantitative estimate of drug-likeness (QED) is 0.335. The molecule has 1 amide bonds. The lowest BCUT2D eigenvalue weighted by molar-refractivity contribution is -0.135. The third-order valence-corrected chi connectivity index (χ3v) is 4.46. The van der Waals surface area contributed by atoms with Gasteiger partial charge in [0.25, 0.3) is 5.91 Å². The number of benzene rings is 1. The molecule has 1 aromatic rings. The third-order valence-electron chi connectivity index (χ3n) is 3.56. The Bertz CT molecular complexity index is 800. The van der Waals surface area contributed by atoms with Crippen LogP contribution in [0.1, 0.15) is 31.4 Å². The maximum atomic E-state index is 11.8. The first-order chi connectivity index (χ1) is 12.9. The van der Waals surface area contributed by atoms with Crippen molar-refractivity contribution in [1.82, 2.24) is 5.32 Å². The lowest BCUT2D eigenvalue weighted by Crippen LogP contribution is -2.19. The molecular formula is C19H23N3O4S. The Morgan fingerprint density at radius 1 is 1.37 bits per heavy atom. The zero-order valence-electron chi connectivity index (χ0n) is 15.8. The summed E-state index contributed by atoms with van der Waals surface area (Å²) in [7, 11) is 1.25. The number of methoxy groups -OCH3 is 1. The van der Waals surface area contributed by atoms with Gasteiger partial charge in [-0.15, -0.1) is 5.10 Å². The topological polar surface area (TPSA) is 89.3 Å². The average Bonchev–Trinajstić information content (AvgIpc) is 2.95. The minimum Gasteiger partial charge on any atom is -0.493 e. The highest BCUT2D eigenvalue weighted by molar-refractivity contribution is 8.18. The van der Waals surface area contributed by atoms with Crippen LogP contribution in [0.2, 0.25) is 0 Å². The summed E-state index contributed by atoms with van der Waals surface area (Å²) in [6, 6.07) is 5.84. The highest BCUT2D eigenvalue weighted by Crippen LogP contribution is 2.24. The Labute approximate surface area is 162 Å². The molecular weight excluding hydrogens is 366 g/mol. The van der Waals surface area contributed by atoms with E-state index in [-0.39, 0.29) is 4.91 Å². The highest BCUT2D eigenvalue weighted by Gasteiger charge is 2.25. The van der Waals surface area contributed by atoms with E-state index in [1.165, 1.54) is 7.11 Å². The fourth-order valence-electron chi connectivity index (χ4n) is 2.09. The Morgan fingerprint density at radius 2 is 2.15 bits per heavy atom. The molecule has 1 N–H and O–H groups in total. The number of nitrogens with zero attached hydrogens (tertiary/aromatic N) is 2. The first-order valence-electron chi connectivity index (χ1n) is 8.52. The summed E-state index contributed by atoms with van der Waals surface area (Å²) in [6.07, 6.45) is 3.66. The second kappa shape index (κ2) is 9.91. The number of aryl methyl sites for hydroxylation is 1. The number of amides is 1. The van der Waals surface area contributed by atoms with Gasteiger partial charge in [0.2, 0.25) is 0 Å². The Morgan fingerprint density at radius 3 is 2.85 bits per heavy atom. The number of hydrogen-bond donors (Lipinski definition) is 1. The van der Waals surface area contributed by atoms with Crippen molar-refractivity contribution in [3.63, 3.8) is 0 Å². The lowest BCUT2D eigenvalue weighted by Gasteiger charge is -2.10. The van der Waals surface area contributed by atoms with Gasteiger partial charge in [-0.25, -0.2) is 4.79 Å². The largest absolute Gasteiger partial charge is 0.493 e. The molecule has 0 aliphatic carbocycles. The molecule has 0 bridgehead atoms. The number of carbonyl (C=O) groups excluding carboxylic acids is 2. The van der Waals surface area contributed by atoms with Crippen LogP contribution in [-0.2, 0) is 14.3 Å². The molecule has 0 atom stereocenters. The summed E-state index contributed by atoms with van der Waals surface area (Å²) >= 11 is 1.03. The van der Waals surface area contributed by atoms with Crippen LogP contribution >= 0.6 is 11.8 Å². The van der Waals surface area contributed by atoms with Crippen LogP contribution in [0.3, 0.4) is 0 Å². The zero-order chi connectivity index (χ0) is 19.8. The molecule has 1 saturated heterocycles. The Hall–Kier alpha value is -2.61. The molecule has 0 saturated carbocycles. The maximum absolute atomic E-state index is 11.8. The predicted molar refractivity (Wildman–Crippen MR) is 107 cm³/mol. The standard InChI is InChI=1S/C19H23N3O4S/c1-12(2)7-8-26-15-6-5-13(3)9-14(15)11-20-22-19-21-18(24)16(27-19)10-17(23)25-4/h5-6,9-12H,7-8H2,1-4H3,(H,21,22,24)/b16-10+,20-11?. The van der Waals surface area contributed by atoms with E-state index in [2.05, 4.69) is 34.1 Å². The molecule has 8 heteroatoms. The van der Waals surface area contributed by atoms with Gasteiger partial charge in [-0.1, -0.05) is 25.5 Å². The minimum absolute atomic E-state index is 0.212. The van der Waals surface area contributed by atoms with Crippen molar-refractivity contribution in [3.05, 3.63) is 40.3 Å². The maximum Gasteiger partial charge on any atom is 0.331 e. The summed E-state index contributed by atoms with van der Waals surface area (Å²) in [4.78, 5) is 23.2. The number of ether oxygens (including phenoxy) is 2. The summed E-state index contributed by atoms with van der Waals surface area (Å²) < 4.78 is 10.4. The molecule has 144 valence electrons. The molecule has 0 radical (unpaired) electrons. The number of nitrogens with one attached hydrogen (secondary N) is 1. The smallest absolute Gasteiger partial charge is 0.331 e. The number of amidine groups is 1. The molecule has 1 fully saturated rings. The van der Waals surface area contributed by atoms with E-state index in [1.807, 2.05) is 25.1 Å². The molecule has 27 heavy (non-hydrogen) atoms. The van der Waals surface area contributed by atoms with Gasteiger partial charge in [-0.2, -0.15) is 5.10 Å². The fourth-order valence-corrected chi connectivity index (χ4v) is 2.83. The Kier molecular flexibility index (Phi) is 7.60. The molecule has 0 unspecified atom stereocenters. The van der Waals surface area contributed by atoms with Gasteiger partial charge in [0.05, 0.1) is 24.8 Å². The number of rotatable bonds is 7. The third kappa shape index (κ3) is 6.56. The second-order valence-electron chi connectivity index (χ2n) is 6.31. The van der Waals surface area contributed by atoms with E-state index in [4.69, 9.17) is 4.74 Å². The lowest BCUT2D eigenvalue weighted by atomic mass is 10.1. The van der Waals surface area contributed by atoms with Crippen LogP contribution in [0.4, 0.5) is 0 Å². The van der Waals surface area contributed by atoms with Gasteiger partial charge in [0.1, 0.15) is 5.75 Å². The highest BCUT2D eigenvalue weighted by atomic mass is 32.2. The van der Waals surface area contributed by atoms with Crippen LogP contribution in [0.5, 0.6) is 5.75 Å². The van der Waals surface area contributed by atoms with E-state index in [1.54, 1.807) is 6.21 Å². The molecule has 0 aromatic heterocycles. The molecule has 0 spiro atoms. The van der Waals surface area contributed by atoms with E-state index < -0.39 is 11.9 Å². The predicted octanol–water partition coefficient (Wildman–Crippen LogP) is 3.03. The van der Waals surface area contributed by atoms with Gasteiger partial charge in [0, 0.05) is 11.6 Å². The first kappa shape index (κ1) is 20.7. The monoisotopic (exact) mass is 389 g/mol. The minimum atomic E-state index is -0.597. The number of thioether (sulfide) groups is 1. The van der Waals surface area contributed by atoms with Gasteiger partial charge < -0.3 is 9.47 Å². The van der Waals surface area contributed by atoms with E-state index in [9.17, 15) is 9.59 Å². The molecule has 1 aliphatic heterocycles. The molecule has 1 heterocycles. The van der Waals surface area contributed by atoms with Crippen LogP contribution in [0, 0.1) is 12.8 Å². The van der Waals surface area contributed by atoms with Crippen LogP contribution in [0.25, 0.3) is 0 Å². The van der Waals surface area contributed by atoms with Gasteiger partial charge >= 0.3 is 5.97 Å². The summed E-state index contributed by atoms with van der Waals surface area (Å²) in [5, 5.41) is 10.9. The van der Waals surface area contributed by atoms with Crippen molar-refractivity contribution in [2.75, 3.05) is 13.7 Å². The summed E-state index contributed by atoms with van der Waals surface area (Å²) in [5.74, 6) is 0.293. The van der Waals surface area contributed by atoms with Crippen LogP contribution < -0.4 is 10.1 Å². The molecule has 1 aromatic carbocycles. The second-order valence-corrected chi connectivity index (χ2v) is 7.34. The normalized spacial score (nSPS) is 17.1. The summed E-state index contributed by atoms with van der Waals surface area (Å²) in [6.45, 7) is 6.91.